The Morgan fingerprint density at radius 2 is 2.06 bits per heavy atom. The van der Waals surface area contributed by atoms with E-state index in [1.165, 1.54) is 6.33 Å². The second-order valence-electron chi connectivity index (χ2n) is 3.58. The van der Waals surface area contributed by atoms with Crippen LogP contribution in [0.1, 0.15) is 5.56 Å². The van der Waals surface area contributed by atoms with Crippen molar-refractivity contribution in [1.29, 1.82) is 0 Å². The van der Waals surface area contributed by atoms with Crippen LogP contribution in [0.25, 0.3) is 11.2 Å². The van der Waals surface area contributed by atoms with E-state index in [4.69, 9.17) is 4.74 Å². The Morgan fingerprint density at radius 3 is 2.88 bits per heavy atom. The van der Waals surface area contributed by atoms with Crippen LogP contribution in [0.5, 0.6) is 6.01 Å². The van der Waals surface area contributed by atoms with E-state index in [-0.39, 0.29) is 0 Å². The van der Waals surface area contributed by atoms with E-state index < -0.39 is 0 Å². The summed E-state index contributed by atoms with van der Waals surface area (Å²) in [7, 11) is 0. The van der Waals surface area contributed by atoms with Gasteiger partial charge in [0.1, 0.15) is 18.5 Å². The van der Waals surface area contributed by atoms with Crippen molar-refractivity contribution in [3.8, 4) is 6.01 Å². The van der Waals surface area contributed by atoms with Gasteiger partial charge in [-0.25, -0.2) is 9.97 Å². The molecule has 0 aliphatic heterocycles. The number of nitrogens with zero attached hydrogens (tertiary/aromatic N) is 3. The van der Waals surface area contributed by atoms with Crippen molar-refractivity contribution in [2.75, 3.05) is 0 Å². The smallest absolute Gasteiger partial charge is 0.296 e. The first-order valence-corrected chi connectivity index (χ1v) is 5.24. The number of fused-ring (bicyclic) bond motifs is 1. The Morgan fingerprint density at radius 1 is 1.18 bits per heavy atom. The van der Waals surface area contributed by atoms with Crippen LogP contribution >= 0.6 is 0 Å². The van der Waals surface area contributed by atoms with Gasteiger partial charge in [-0.15, -0.1) is 0 Å². The van der Waals surface area contributed by atoms with Gasteiger partial charge in [-0.2, -0.15) is 4.98 Å². The molecule has 0 radical (unpaired) electrons. The molecule has 0 spiro atoms. The average Bonchev–Trinajstić information content (AvgIpc) is 2.80. The number of imidazole rings is 1. The number of rotatable bonds is 3. The first-order chi connectivity index (χ1) is 8.42. The zero-order chi connectivity index (χ0) is 11.5. The van der Waals surface area contributed by atoms with Gasteiger partial charge >= 0.3 is 0 Å². The van der Waals surface area contributed by atoms with E-state index in [0.29, 0.717) is 18.3 Å². The van der Waals surface area contributed by atoms with Crippen molar-refractivity contribution in [3.05, 3.63) is 48.4 Å². The molecule has 0 aliphatic carbocycles. The summed E-state index contributed by atoms with van der Waals surface area (Å²) in [5.41, 5.74) is 2.48. The Balaban J connectivity index is 1.77. The second kappa shape index (κ2) is 4.21. The monoisotopic (exact) mass is 226 g/mol. The first kappa shape index (κ1) is 9.77. The zero-order valence-corrected chi connectivity index (χ0v) is 9.00. The zero-order valence-electron chi connectivity index (χ0n) is 9.00. The van der Waals surface area contributed by atoms with Crippen LogP contribution in [0.15, 0.2) is 42.9 Å². The third kappa shape index (κ3) is 2.08. The van der Waals surface area contributed by atoms with Gasteiger partial charge in [0.2, 0.25) is 0 Å². The molecule has 1 N–H and O–H groups in total. The van der Waals surface area contributed by atoms with E-state index in [2.05, 4.69) is 19.9 Å². The highest BCUT2D eigenvalue weighted by atomic mass is 16.5. The summed E-state index contributed by atoms with van der Waals surface area (Å²) < 4.78 is 5.54. The molecule has 17 heavy (non-hydrogen) atoms. The van der Waals surface area contributed by atoms with Gasteiger partial charge in [0.25, 0.3) is 6.01 Å². The third-order valence-electron chi connectivity index (χ3n) is 2.36. The highest BCUT2D eigenvalue weighted by Crippen LogP contribution is 2.13. The number of nitrogens with one attached hydrogen (secondary N) is 1. The molecule has 84 valence electrons. The van der Waals surface area contributed by atoms with Crippen LogP contribution in [0.2, 0.25) is 0 Å². The van der Waals surface area contributed by atoms with E-state index in [9.17, 15) is 0 Å². The summed E-state index contributed by atoms with van der Waals surface area (Å²) in [6.07, 6.45) is 3.13. The maximum atomic E-state index is 5.54. The minimum atomic E-state index is 0.462. The molecule has 2 heterocycles. The van der Waals surface area contributed by atoms with Gasteiger partial charge in [-0.1, -0.05) is 30.3 Å². The first-order valence-electron chi connectivity index (χ1n) is 5.24. The van der Waals surface area contributed by atoms with Gasteiger partial charge in [0.15, 0.2) is 5.65 Å². The molecule has 0 saturated heterocycles. The second-order valence-corrected chi connectivity index (χ2v) is 3.58. The minimum absolute atomic E-state index is 0.462. The van der Waals surface area contributed by atoms with Gasteiger partial charge in [0, 0.05) is 0 Å². The number of ether oxygens (including phenoxy) is 1. The molecule has 5 nitrogen and oxygen atoms in total. The summed E-state index contributed by atoms with van der Waals surface area (Å²) in [6, 6.07) is 10.4. The number of aromatic nitrogens is 4. The van der Waals surface area contributed by atoms with Crippen molar-refractivity contribution in [1.82, 2.24) is 19.9 Å². The van der Waals surface area contributed by atoms with Gasteiger partial charge < -0.3 is 9.72 Å². The molecule has 0 saturated carbocycles. The van der Waals surface area contributed by atoms with Crippen molar-refractivity contribution in [2.45, 2.75) is 6.61 Å². The lowest BCUT2D eigenvalue weighted by atomic mass is 10.2. The Bertz CT molecular complexity index is 587. The van der Waals surface area contributed by atoms with Crippen LogP contribution in [-0.2, 0) is 6.61 Å². The lowest BCUT2D eigenvalue weighted by molar-refractivity contribution is 0.284. The summed E-state index contributed by atoms with van der Waals surface area (Å²) in [6.45, 7) is 0.480. The molecule has 2 aromatic heterocycles. The Labute approximate surface area is 97.5 Å². The number of aromatic amines is 1. The molecule has 5 heteroatoms. The van der Waals surface area contributed by atoms with Crippen molar-refractivity contribution >= 4 is 11.2 Å². The quantitative estimate of drug-likeness (QED) is 0.741. The molecule has 1 aromatic carbocycles. The number of benzene rings is 1. The largest absolute Gasteiger partial charge is 0.460 e. The fourth-order valence-electron chi connectivity index (χ4n) is 1.53. The topological polar surface area (TPSA) is 63.7 Å². The van der Waals surface area contributed by atoms with Gasteiger partial charge in [-0.3, -0.25) is 0 Å². The van der Waals surface area contributed by atoms with E-state index in [0.717, 1.165) is 11.1 Å². The number of hydrogen-bond acceptors (Lipinski definition) is 4. The van der Waals surface area contributed by atoms with Crippen LogP contribution in [0, 0.1) is 0 Å². The van der Waals surface area contributed by atoms with Crippen LogP contribution < -0.4 is 4.74 Å². The van der Waals surface area contributed by atoms with Crippen LogP contribution in [0.4, 0.5) is 0 Å². The van der Waals surface area contributed by atoms with E-state index >= 15 is 0 Å². The lowest BCUT2D eigenvalue weighted by Gasteiger charge is -2.01. The van der Waals surface area contributed by atoms with Crippen LogP contribution in [-0.4, -0.2) is 19.9 Å². The van der Waals surface area contributed by atoms with E-state index in [1.54, 1.807) is 6.20 Å². The fraction of sp³-hybridized carbons (Fsp3) is 0.0833. The molecule has 0 fully saturated rings. The lowest BCUT2D eigenvalue weighted by Crippen LogP contribution is -1.96. The SMILES string of the molecule is c1ccc(COc2nc3ncncc3[nH]2)cc1. The van der Waals surface area contributed by atoms with Crippen LogP contribution in [0.3, 0.4) is 0 Å². The highest BCUT2D eigenvalue weighted by Gasteiger charge is 2.04. The summed E-state index contributed by atoms with van der Waals surface area (Å²) in [5.74, 6) is 0. The third-order valence-corrected chi connectivity index (χ3v) is 2.36. The standard InChI is InChI=1S/C12H10N4O/c1-2-4-9(5-3-1)7-17-12-15-10-6-13-8-14-11(10)16-12/h1-6,8H,7H2,(H,13,14,15,16). The summed E-state index contributed by atoms with van der Waals surface area (Å²) in [5, 5.41) is 0. The van der Waals surface area contributed by atoms with Gasteiger partial charge in [0.05, 0.1) is 6.20 Å². The molecule has 0 bridgehead atoms. The minimum Gasteiger partial charge on any atom is -0.460 e. The van der Waals surface area contributed by atoms with Gasteiger partial charge in [-0.05, 0) is 5.56 Å². The highest BCUT2D eigenvalue weighted by molar-refractivity contribution is 5.69. The molecule has 0 unspecified atom stereocenters. The van der Waals surface area contributed by atoms with E-state index in [1.807, 2.05) is 30.3 Å². The average molecular weight is 226 g/mol. The predicted octanol–water partition coefficient (Wildman–Crippen LogP) is 1.93. The summed E-state index contributed by atoms with van der Waals surface area (Å²) in [4.78, 5) is 15.1. The van der Waals surface area contributed by atoms with Crippen molar-refractivity contribution in [3.63, 3.8) is 0 Å². The molecule has 3 rings (SSSR count). The molecular formula is C12H10N4O. The Hall–Kier alpha value is -2.43. The Kier molecular flexibility index (Phi) is 2.42. The van der Waals surface area contributed by atoms with Crippen molar-refractivity contribution < 1.29 is 4.74 Å². The molecular weight excluding hydrogens is 216 g/mol. The van der Waals surface area contributed by atoms with Crippen molar-refractivity contribution in [2.24, 2.45) is 0 Å². The molecule has 0 aliphatic rings. The summed E-state index contributed by atoms with van der Waals surface area (Å²) >= 11 is 0. The fourth-order valence-corrected chi connectivity index (χ4v) is 1.53. The number of hydrogen-bond donors (Lipinski definition) is 1. The maximum absolute atomic E-state index is 5.54. The normalized spacial score (nSPS) is 10.6. The molecule has 3 aromatic rings. The number of H-pyrrole nitrogens is 1. The molecule has 0 amide bonds. The maximum Gasteiger partial charge on any atom is 0.296 e. The predicted molar refractivity (Wildman–Crippen MR) is 62.5 cm³/mol. The molecule has 0 atom stereocenters.